The lowest BCUT2D eigenvalue weighted by atomic mass is 10.1. The molecule has 0 radical (unpaired) electrons. The fourth-order valence-corrected chi connectivity index (χ4v) is 3.75. The Morgan fingerprint density at radius 3 is 2.59 bits per heavy atom. The Bertz CT molecular complexity index is 1130. The van der Waals surface area contributed by atoms with Crippen LogP contribution in [-0.2, 0) is 7.05 Å². The normalized spacial score (nSPS) is 15.6. The zero-order valence-electron chi connectivity index (χ0n) is 17.4. The van der Waals surface area contributed by atoms with E-state index in [2.05, 4.69) is 39.7 Å². The van der Waals surface area contributed by atoms with Crippen LogP contribution in [0, 0.1) is 5.92 Å². The van der Waals surface area contributed by atoms with E-state index < -0.39 is 0 Å². The molecule has 3 aromatic rings. The van der Waals surface area contributed by atoms with Crippen molar-refractivity contribution < 1.29 is 0 Å². The summed E-state index contributed by atoms with van der Waals surface area (Å²) < 4.78 is 3.46. The molecular weight excluding hydrogens is 368 g/mol. The molecule has 154 valence electrons. The number of nitrogens with two attached hydrogens (primary N) is 1. The van der Waals surface area contributed by atoms with E-state index in [-0.39, 0.29) is 17.3 Å². The van der Waals surface area contributed by atoms with Crippen molar-refractivity contribution in [2.24, 2.45) is 13.0 Å². The number of aryl methyl sites for hydroxylation is 1. The zero-order chi connectivity index (χ0) is 20.9. The van der Waals surface area contributed by atoms with Gasteiger partial charge in [0.05, 0.1) is 11.2 Å². The number of H-pyrrole nitrogens is 1. The number of nitrogen functional groups attached to an aromatic ring is 1. The first-order chi connectivity index (χ1) is 13.8. The predicted molar refractivity (Wildman–Crippen MR) is 117 cm³/mol. The Balaban J connectivity index is 1.86. The smallest absolute Gasteiger partial charge is 0.268 e. The molecule has 4 heterocycles. The molecule has 0 saturated carbocycles. The number of aromatic amines is 1. The Hall–Kier alpha value is -3.07. The van der Waals surface area contributed by atoms with E-state index in [0.29, 0.717) is 16.6 Å². The van der Waals surface area contributed by atoms with Gasteiger partial charge in [0.25, 0.3) is 5.56 Å². The number of likely N-dealkylation sites (N-methyl/N-ethyl adjacent to an activating group) is 1. The Morgan fingerprint density at radius 1 is 1.24 bits per heavy atom. The topological polar surface area (TPSA) is 101 Å². The van der Waals surface area contributed by atoms with Crippen LogP contribution in [0.2, 0.25) is 0 Å². The number of pyridine rings is 1. The molecule has 0 bridgehead atoms. The summed E-state index contributed by atoms with van der Waals surface area (Å²) in [6.45, 7) is 12.0. The Labute approximate surface area is 169 Å². The van der Waals surface area contributed by atoms with Gasteiger partial charge in [-0.1, -0.05) is 20.4 Å². The lowest BCUT2D eigenvalue weighted by Crippen LogP contribution is -2.45. The molecule has 29 heavy (non-hydrogen) atoms. The van der Waals surface area contributed by atoms with Gasteiger partial charge < -0.3 is 15.5 Å². The lowest BCUT2D eigenvalue weighted by molar-refractivity contribution is 0.311. The van der Waals surface area contributed by atoms with Crippen LogP contribution in [-0.4, -0.2) is 62.7 Å². The standard InChI is InChI=1S/C20H28N8O/c1-12(2)13(3)28-11-14(18-17(20(28)29)19(21)23-22-18)15-10-16(26(5)24-15)27-8-6-25(4)7-9-27/h10-12H,3,6-9H2,1-2,4-5H3,(H3,21,22,23). The van der Waals surface area contributed by atoms with Gasteiger partial charge in [0.1, 0.15) is 11.2 Å². The third-order valence-electron chi connectivity index (χ3n) is 5.69. The van der Waals surface area contributed by atoms with Gasteiger partial charge in [-0.3, -0.25) is 19.1 Å². The monoisotopic (exact) mass is 396 g/mol. The van der Waals surface area contributed by atoms with Crippen molar-refractivity contribution in [1.29, 1.82) is 0 Å². The van der Waals surface area contributed by atoms with Crippen LogP contribution in [0.1, 0.15) is 13.8 Å². The number of rotatable bonds is 4. The van der Waals surface area contributed by atoms with Crippen LogP contribution in [0.15, 0.2) is 23.6 Å². The van der Waals surface area contributed by atoms with Crippen molar-refractivity contribution in [2.45, 2.75) is 13.8 Å². The van der Waals surface area contributed by atoms with Gasteiger partial charge >= 0.3 is 0 Å². The molecule has 1 aliphatic rings. The van der Waals surface area contributed by atoms with E-state index in [0.717, 1.165) is 43.3 Å². The maximum Gasteiger partial charge on any atom is 0.268 e. The second-order valence-corrected chi connectivity index (χ2v) is 8.02. The molecule has 0 aliphatic carbocycles. The van der Waals surface area contributed by atoms with Crippen LogP contribution in [0.4, 0.5) is 11.6 Å². The highest BCUT2D eigenvalue weighted by atomic mass is 16.1. The first-order valence-corrected chi connectivity index (χ1v) is 9.84. The van der Waals surface area contributed by atoms with E-state index in [9.17, 15) is 4.79 Å². The molecule has 0 atom stereocenters. The summed E-state index contributed by atoms with van der Waals surface area (Å²) in [6.07, 6.45) is 1.79. The van der Waals surface area contributed by atoms with E-state index in [1.807, 2.05) is 25.6 Å². The van der Waals surface area contributed by atoms with Crippen molar-refractivity contribution in [2.75, 3.05) is 43.9 Å². The predicted octanol–water partition coefficient (Wildman–Crippen LogP) is 1.59. The molecule has 0 spiro atoms. The minimum Gasteiger partial charge on any atom is -0.382 e. The number of fused-ring (bicyclic) bond motifs is 1. The van der Waals surface area contributed by atoms with Gasteiger partial charge in [-0.25, -0.2) is 0 Å². The second kappa shape index (κ2) is 7.07. The number of piperazine rings is 1. The average molecular weight is 396 g/mol. The molecule has 3 N–H and O–H groups in total. The summed E-state index contributed by atoms with van der Waals surface area (Å²) in [5.41, 5.74) is 8.64. The Morgan fingerprint density at radius 2 is 1.93 bits per heavy atom. The van der Waals surface area contributed by atoms with Gasteiger partial charge in [0.2, 0.25) is 0 Å². The van der Waals surface area contributed by atoms with Crippen molar-refractivity contribution in [3.8, 4) is 11.3 Å². The summed E-state index contributed by atoms with van der Waals surface area (Å²) in [5, 5.41) is 12.1. The molecule has 9 heteroatoms. The summed E-state index contributed by atoms with van der Waals surface area (Å²) >= 11 is 0. The molecule has 9 nitrogen and oxygen atoms in total. The molecule has 1 fully saturated rings. The first-order valence-electron chi connectivity index (χ1n) is 9.84. The Kier molecular flexibility index (Phi) is 4.70. The number of nitrogens with zero attached hydrogens (tertiary/aromatic N) is 6. The molecule has 0 aromatic carbocycles. The summed E-state index contributed by atoms with van der Waals surface area (Å²) in [5.74, 6) is 1.34. The van der Waals surface area contributed by atoms with Gasteiger partial charge in [0.15, 0.2) is 5.82 Å². The molecular formula is C20H28N8O. The van der Waals surface area contributed by atoms with Crippen LogP contribution >= 0.6 is 0 Å². The van der Waals surface area contributed by atoms with Gasteiger partial charge in [-0.05, 0) is 13.0 Å². The lowest BCUT2D eigenvalue weighted by Gasteiger charge is -2.33. The number of hydrogen-bond acceptors (Lipinski definition) is 6. The number of nitrogens with one attached hydrogen (secondary N) is 1. The van der Waals surface area contributed by atoms with Crippen molar-refractivity contribution >= 4 is 28.2 Å². The maximum absolute atomic E-state index is 13.0. The van der Waals surface area contributed by atoms with Crippen LogP contribution in [0.5, 0.6) is 0 Å². The van der Waals surface area contributed by atoms with E-state index >= 15 is 0 Å². The molecule has 0 unspecified atom stereocenters. The van der Waals surface area contributed by atoms with E-state index in [4.69, 9.17) is 10.8 Å². The van der Waals surface area contributed by atoms with E-state index in [1.165, 1.54) is 0 Å². The number of anilines is 2. The van der Waals surface area contributed by atoms with Crippen molar-refractivity contribution in [3.63, 3.8) is 0 Å². The molecule has 1 saturated heterocycles. The van der Waals surface area contributed by atoms with Gasteiger partial charge in [0, 0.05) is 56.8 Å². The first kappa shape index (κ1) is 19.3. The minimum absolute atomic E-state index is 0.107. The van der Waals surface area contributed by atoms with Gasteiger partial charge in [-0.2, -0.15) is 10.2 Å². The largest absolute Gasteiger partial charge is 0.382 e. The zero-order valence-corrected chi connectivity index (χ0v) is 17.4. The highest BCUT2D eigenvalue weighted by Gasteiger charge is 2.22. The summed E-state index contributed by atoms with van der Waals surface area (Å²) in [6, 6.07) is 2.06. The average Bonchev–Trinajstić information content (AvgIpc) is 3.26. The highest BCUT2D eigenvalue weighted by Crippen LogP contribution is 2.31. The third-order valence-corrected chi connectivity index (χ3v) is 5.69. The fraction of sp³-hybridized carbons (Fsp3) is 0.450. The SMILES string of the molecule is C=C(C(C)C)n1cc(-c2cc(N3CCN(C)CC3)n(C)n2)c2[nH]nc(N)c2c1=O. The number of hydrogen-bond donors (Lipinski definition) is 2. The van der Waals surface area contributed by atoms with Crippen LogP contribution in [0.25, 0.3) is 27.9 Å². The highest BCUT2D eigenvalue weighted by molar-refractivity contribution is 5.98. The fourth-order valence-electron chi connectivity index (χ4n) is 3.75. The number of aromatic nitrogens is 5. The van der Waals surface area contributed by atoms with Gasteiger partial charge in [-0.15, -0.1) is 0 Å². The van der Waals surface area contributed by atoms with Crippen molar-refractivity contribution in [3.05, 3.63) is 29.2 Å². The van der Waals surface area contributed by atoms with Crippen LogP contribution < -0.4 is 16.2 Å². The minimum atomic E-state index is -0.219. The summed E-state index contributed by atoms with van der Waals surface area (Å²) in [7, 11) is 4.08. The number of allylic oxidation sites excluding steroid dienone is 1. The molecule has 3 aromatic heterocycles. The van der Waals surface area contributed by atoms with E-state index in [1.54, 1.807) is 10.8 Å². The maximum atomic E-state index is 13.0. The molecule has 0 amide bonds. The van der Waals surface area contributed by atoms with Crippen LogP contribution in [0.3, 0.4) is 0 Å². The molecule has 4 rings (SSSR count). The summed E-state index contributed by atoms with van der Waals surface area (Å²) in [4.78, 5) is 17.7. The second-order valence-electron chi connectivity index (χ2n) is 8.02. The van der Waals surface area contributed by atoms with Crippen molar-refractivity contribution in [1.82, 2.24) is 29.4 Å². The molecule has 1 aliphatic heterocycles. The third kappa shape index (κ3) is 3.21. The quantitative estimate of drug-likeness (QED) is 0.694.